The zero-order valence-electron chi connectivity index (χ0n) is 9.30. The minimum absolute atomic E-state index is 0.739. The SMILES string of the molecule is N#Cc1ccc2c(c1)CCC(n1ccnc1)=C2. The molecule has 2 aromatic rings. The fourth-order valence-electron chi connectivity index (χ4n) is 2.18. The second-order valence-electron chi connectivity index (χ2n) is 4.13. The van der Waals surface area contributed by atoms with Gasteiger partial charge in [0.1, 0.15) is 0 Å². The van der Waals surface area contributed by atoms with Gasteiger partial charge in [-0.3, -0.25) is 0 Å². The van der Waals surface area contributed by atoms with E-state index in [4.69, 9.17) is 5.26 Å². The van der Waals surface area contributed by atoms with E-state index in [1.54, 1.807) is 6.20 Å². The molecule has 0 saturated carbocycles. The number of hydrogen-bond donors (Lipinski definition) is 0. The second kappa shape index (κ2) is 3.91. The normalized spacial score (nSPS) is 13.7. The van der Waals surface area contributed by atoms with Crippen molar-refractivity contribution in [2.75, 3.05) is 0 Å². The summed E-state index contributed by atoms with van der Waals surface area (Å²) in [5, 5.41) is 8.86. The van der Waals surface area contributed by atoms with E-state index in [0.29, 0.717) is 0 Å². The highest BCUT2D eigenvalue weighted by Crippen LogP contribution is 2.27. The first-order valence-corrected chi connectivity index (χ1v) is 5.59. The molecule has 0 atom stereocenters. The molecule has 1 aromatic heterocycles. The van der Waals surface area contributed by atoms with Crippen molar-refractivity contribution in [1.82, 2.24) is 9.55 Å². The zero-order valence-corrected chi connectivity index (χ0v) is 9.30. The lowest BCUT2D eigenvalue weighted by Crippen LogP contribution is -2.03. The van der Waals surface area contributed by atoms with Crippen molar-refractivity contribution in [2.45, 2.75) is 12.8 Å². The summed E-state index contributed by atoms with van der Waals surface area (Å²) in [6.07, 6.45) is 9.70. The molecule has 0 N–H and O–H groups in total. The molecule has 1 aromatic carbocycles. The van der Waals surface area contributed by atoms with Crippen LogP contribution in [0.2, 0.25) is 0 Å². The monoisotopic (exact) mass is 221 g/mol. The Morgan fingerprint density at radius 3 is 3.00 bits per heavy atom. The van der Waals surface area contributed by atoms with Crippen LogP contribution in [0.25, 0.3) is 11.8 Å². The Kier molecular flexibility index (Phi) is 2.27. The van der Waals surface area contributed by atoms with Crippen LogP contribution < -0.4 is 0 Å². The summed E-state index contributed by atoms with van der Waals surface area (Å²) < 4.78 is 2.04. The number of benzene rings is 1. The highest BCUT2D eigenvalue weighted by Gasteiger charge is 2.11. The molecule has 3 nitrogen and oxygen atoms in total. The van der Waals surface area contributed by atoms with E-state index in [0.717, 1.165) is 18.4 Å². The summed E-state index contributed by atoms with van der Waals surface area (Å²) in [7, 11) is 0. The maximum Gasteiger partial charge on any atom is 0.0991 e. The number of rotatable bonds is 1. The van der Waals surface area contributed by atoms with Crippen LogP contribution in [0.1, 0.15) is 23.1 Å². The number of imidazole rings is 1. The van der Waals surface area contributed by atoms with Crippen molar-refractivity contribution in [3.63, 3.8) is 0 Å². The molecule has 0 fully saturated rings. The van der Waals surface area contributed by atoms with Crippen molar-refractivity contribution >= 4 is 11.8 Å². The van der Waals surface area contributed by atoms with Gasteiger partial charge >= 0.3 is 0 Å². The van der Waals surface area contributed by atoms with Crippen molar-refractivity contribution in [1.29, 1.82) is 5.26 Å². The van der Waals surface area contributed by atoms with Gasteiger partial charge in [0, 0.05) is 18.1 Å². The lowest BCUT2D eigenvalue weighted by molar-refractivity contribution is 0.916. The number of allylic oxidation sites excluding steroid dienone is 1. The van der Waals surface area contributed by atoms with Crippen molar-refractivity contribution in [2.24, 2.45) is 0 Å². The molecule has 0 unspecified atom stereocenters. The van der Waals surface area contributed by atoms with Crippen LogP contribution in [0.4, 0.5) is 0 Å². The average molecular weight is 221 g/mol. The molecule has 1 aliphatic carbocycles. The Balaban J connectivity index is 2.04. The standard InChI is InChI=1S/C14H11N3/c15-9-11-1-2-13-8-14(4-3-12(13)7-11)17-6-5-16-10-17/h1-2,5-8,10H,3-4H2. The van der Waals surface area contributed by atoms with Crippen LogP contribution >= 0.6 is 0 Å². The number of aromatic nitrogens is 2. The van der Waals surface area contributed by atoms with Crippen LogP contribution in [0, 0.1) is 11.3 Å². The third-order valence-electron chi connectivity index (χ3n) is 3.08. The van der Waals surface area contributed by atoms with Crippen LogP contribution in [0.15, 0.2) is 36.9 Å². The highest BCUT2D eigenvalue weighted by molar-refractivity contribution is 5.75. The Morgan fingerprint density at radius 1 is 1.29 bits per heavy atom. The number of nitriles is 1. The first-order chi connectivity index (χ1) is 8.36. The Morgan fingerprint density at radius 2 is 2.24 bits per heavy atom. The lowest BCUT2D eigenvalue weighted by Gasteiger charge is -2.17. The van der Waals surface area contributed by atoms with Gasteiger partial charge in [0.2, 0.25) is 0 Å². The smallest absolute Gasteiger partial charge is 0.0991 e. The predicted molar refractivity (Wildman–Crippen MR) is 65.9 cm³/mol. The Hall–Kier alpha value is -2.34. The van der Waals surface area contributed by atoms with Crippen molar-refractivity contribution < 1.29 is 0 Å². The predicted octanol–water partition coefficient (Wildman–Crippen LogP) is 2.70. The number of aryl methyl sites for hydroxylation is 1. The maximum absolute atomic E-state index is 8.86. The van der Waals surface area contributed by atoms with Crippen LogP contribution in [0.3, 0.4) is 0 Å². The molecule has 0 spiro atoms. The third-order valence-corrected chi connectivity index (χ3v) is 3.08. The number of fused-ring (bicyclic) bond motifs is 1. The molecule has 0 aliphatic heterocycles. The number of hydrogen-bond acceptors (Lipinski definition) is 2. The molecule has 0 saturated heterocycles. The lowest BCUT2D eigenvalue weighted by atomic mass is 9.94. The van der Waals surface area contributed by atoms with E-state index >= 15 is 0 Å². The minimum atomic E-state index is 0.739. The topological polar surface area (TPSA) is 41.6 Å². The van der Waals surface area contributed by atoms with Crippen LogP contribution in [-0.2, 0) is 6.42 Å². The molecule has 3 heteroatoms. The van der Waals surface area contributed by atoms with Gasteiger partial charge in [-0.2, -0.15) is 5.26 Å². The van der Waals surface area contributed by atoms with Gasteiger partial charge in [-0.1, -0.05) is 6.07 Å². The molecule has 0 bridgehead atoms. The molecule has 1 aliphatic rings. The third kappa shape index (κ3) is 1.74. The largest absolute Gasteiger partial charge is 0.310 e. The van der Waals surface area contributed by atoms with Gasteiger partial charge in [0.05, 0.1) is 18.0 Å². The quantitative estimate of drug-likeness (QED) is 0.743. The van der Waals surface area contributed by atoms with Gasteiger partial charge in [-0.25, -0.2) is 4.98 Å². The molecule has 1 heterocycles. The van der Waals surface area contributed by atoms with E-state index < -0.39 is 0 Å². The van der Waals surface area contributed by atoms with Crippen LogP contribution in [-0.4, -0.2) is 9.55 Å². The molecule has 3 rings (SSSR count). The fraction of sp³-hybridized carbons (Fsp3) is 0.143. The minimum Gasteiger partial charge on any atom is -0.310 e. The van der Waals surface area contributed by atoms with Gasteiger partial charge in [0.25, 0.3) is 0 Å². The van der Waals surface area contributed by atoms with E-state index in [2.05, 4.69) is 17.1 Å². The Bertz CT molecular complexity index is 615. The molecule has 82 valence electrons. The molecular weight excluding hydrogens is 210 g/mol. The second-order valence-corrected chi connectivity index (χ2v) is 4.13. The summed E-state index contributed by atoms with van der Waals surface area (Å²) in [6, 6.07) is 8.05. The fourth-order valence-corrected chi connectivity index (χ4v) is 2.18. The first kappa shape index (κ1) is 9.86. The summed E-state index contributed by atoms with van der Waals surface area (Å²) in [5.41, 5.74) is 4.45. The number of nitrogens with zero attached hydrogens (tertiary/aromatic N) is 3. The highest BCUT2D eigenvalue weighted by atomic mass is 15.0. The Labute approximate surface area is 99.6 Å². The molecule has 0 radical (unpaired) electrons. The van der Waals surface area contributed by atoms with Crippen molar-refractivity contribution in [3.8, 4) is 6.07 Å². The van der Waals surface area contributed by atoms with Crippen molar-refractivity contribution in [3.05, 3.63) is 53.6 Å². The van der Waals surface area contributed by atoms with Crippen LogP contribution in [0.5, 0.6) is 0 Å². The molecule has 17 heavy (non-hydrogen) atoms. The van der Waals surface area contributed by atoms with E-state index in [9.17, 15) is 0 Å². The van der Waals surface area contributed by atoms with Gasteiger partial charge in [-0.05, 0) is 42.2 Å². The summed E-state index contributed by atoms with van der Waals surface area (Å²) >= 11 is 0. The molecular formula is C14H11N3. The maximum atomic E-state index is 8.86. The van der Waals surface area contributed by atoms with Gasteiger partial charge in [0.15, 0.2) is 0 Å². The summed E-state index contributed by atoms with van der Waals surface area (Å²) in [6.45, 7) is 0. The summed E-state index contributed by atoms with van der Waals surface area (Å²) in [4.78, 5) is 4.06. The van der Waals surface area contributed by atoms with E-state index in [-0.39, 0.29) is 0 Å². The van der Waals surface area contributed by atoms with Gasteiger partial charge in [-0.15, -0.1) is 0 Å². The molecule has 0 amide bonds. The van der Waals surface area contributed by atoms with E-state index in [1.165, 1.54) is 16.8 Å². The average Bonchev–Trinajstić information content (AvgIpc) is 2.91. The van der Waals surface area contributed by atoms with Gasteiger partial charge < -0.3 is 4.57 Å². The summed E-state index contributed by atoms with van der Waals surface area (Å²) in [5.74, 6) is 0. The van der Waals surface area contributed by atoms with E-state index in [1.807, 2.05) is 35.3 Å². The zero-order chi connectivity index (χ0) is 11.7. The first-order valence-electron chi connectivity index (χ1n) is 5.59.